The van der Waals surface area contributed by atoms with Crippen LogP contribution in [-0.4, -0.2) is 34.0 Å². The van der Waals surface area contributed by atoms with Gasteiger partial charge in [-0.2, -0.15) is 0 Å². The van der Waals surface area contributed by atoms with E-state index in [2.05, 4.69) is 4.90 Å². The van der Waals surface area contributed by atoms with Crippen LogP contribution in [0.2, 0.25) is 0 Å². The van der Waals surface area contributed by atoms with Crippen LogP contribution in [-0.2, 0) is 11.3 Å². The maximum atomic E-state index is 11.4. The van der Waals surface area contributed by atoms with E-state index in [0.29, 0.717) is 25.8 Å². The number of likely N-dealkylation sites (tertiary alicyclic amines) is 1. The summed E-state index contributed by atoms with van der Waals surface area (Å²) in [5, 5.41) is 21.9. The fourth-order valence-corrected chi connectivity index (χ4v) is 3.38. The zero-order chi connectivity index (χ0) is 14.8. The first-order chi connectivity index (χ1) is 9.47. The van der Waals surface area contributed by atoms with Gasteiger partial charge < -0.3 is 5.11 Å². The molecule has 2 heterocycles. The van der Waals surface area contributed by atoms with E-state index in [9.17, 15) is 20.0 Å². The number of nitro groups is 1. The fourth-order valence-electron chi connectivity index (χ4n) is 2.66. The maximum Gasteiger partial charge on any atom is 0.324 e. The molecule has 0 unspecified atom stereocenters. The van der Waals surface area contributed by atoms with Crippen molar-refractivity contribution in [3.63, 3.8) is 0 Å². The summed E-state index contributed by atoms with van der Waals surface area (Å²) in [6.07, 6.45) is 1.94. The summed E-state index contributed by atoms with van der Waals surface area (Å²) in [6.45, 7) is 4.03. The molecule has 0 saturated carbocycles. The van der Waals surface area contributed by atoms with Crippen LogP contribution < -0.4 is 0 Å². The number of hydrogen-bond donors (Lipinski definition) is 1. The van der Waals surface area contributed by atoms with Gasteiger partial charge in [-0.1, -0.05) is 18.3 Å². The van der Waals surface area contributed by atoms with Crippen molar-refractivity contribution < 1.29 is 14.8 Å². The first-order valence-electron chi connectivity index (χ1n) is 6.64. The summed E-state index contributed by atoms with van der Waals surface area (Å²) in [5.41, 5.74) is 0.345. The minimum Gasteiger partial charge on any atom is -0.481 e. The quantitative estimate of drug-likeness (QED) is 0.667. The van der Waals surface area contributed by atoms with Gasteiger partial charge in [0.05, 0.1) is 10.3 Å². The third kappa shape index (κ3) is 2.99. The molecule has 0 aliphatic carbocycles. The lowest BCUT2D eigenvalue weighted by molar-refractivity contribution is -0.380. The number of carboxylic acids is 1. The molecule has 0 radical (unpaired) electrons. The molecule has 1 saturated heterocycles. The lowest BCUT2D eigenvalue weighted by atomic mass is 9.76. The Labute approximate surface area is 121 Å². The van der Waals surface area contributed by atoms with Crippen LogP contribution in [0.25, 0.3) is 0 Å². The lowest BCUT2D eigenvalue weighted by Gasteiger charge is -2.38. The summed E-state index contributed by atoms with van der Waals surface area (Å²) in [4.78, 5) is 23.8. The largest absolute Gasteiger partial charge is 0.481 e. The van der Waals surface area contributed by atoms with Crippen molar-refractivity contribution in [1.82, 2.24) is 4.90 Å². The second kappa shape index (κ2) is 5.88. The highest BCUT2D eigenvalue weighted by molar-refractivity contribution is 7.13. The van der Waals surface area contributed by atoms with Gasteiger partial charge in [-0.3, -0.25) is 19.8 Å². The summed E-state index contributed by atoms with van der Waals surface area (Å²) in [7, 11) is 0. The van der Waals surface area contributed by atoms with Crippen molar-refractivity contribution in [2.75, 3.05) is 13.1 Å². The van der Waals surface area contributed by atoms with Crippen molar-refractivity contribution in [2.45, 2.75) is 32.7 Å². The third-order valence-electron chi connectivity index (χ3n) is 4.17. The van der Waals surface area contributed by atoms with Crippen LogP contribution in [0.5, 0.6) is 0 Å². The molecule has 6 nitrogen and oxygen atoms in total. The number of carboxylic acid groups (broad SMARTS) is 1. The molecule has 0 bridgehead atoms. The van der Waals surface area contributed by atoms with E-state index in [0.717, 1.165) is 30.0 Å². The molecule has 20 heavy (non-hydrogen) atoms. The Morgan fingerprint density at radius 1 is 1.55 bits per heavy atom. The molecule has 1 aromatic rings. The molecule has 7 heteroatoms. The molecule has 1 aromatic heterocycles. The number of aliphatic carboxylic acids is 1. The van der Waals surface area contributed by atoms with Crippen LogP contribution in [0, 0.1) is 15.5 Å². The predicted molar refractivity (Wildman–Crippen MR) is 75.8 cm³/mol. The van der Waals surface area contributed by atoms with Crippen LogP contribution in [0.4, 0.5) is 5.00 Å². The first-order valence-corrected chi connectivity index (χ1v) is 7.52. The molecule has 0 amide bonds. The number of piperidine rings is 1. The molecular formula is C13H18N2O4S. The van der Waals surface area contributed by atoms with Crippen molar-refractivity contribution in [3.8, 4) is 0 Å². The first kappa shape index (κ1) is 14.9. The number of carbonyl (C=O) groups is 1. The molecule has 110 valence electrons. The summed E-state index contributed by atoms with van der Waals surface area (Å²) in [5.74, 6) is -0.703. The predicted octanol–water partition coefficient (Wildman–Crippen LogP) is 2.73. The summed E-state index contributed by atoms with van der Waals surface area (Å²) >= 11 is 1.14. The lowest BCUT2D eigenvalue weighted by Crippen LogP contribution is -2.43. The van der Waals surface area contributed by atoms with Gasteiger partial charge in [0.2, 0.25) is 0 Å². The van der Waals surface area contributed by atoms with Gasteiger partial charge in [0.1, 0.15) is 0 Å². The number of rotatable bonds is 5. The van der Waals surface area contributed by atoms with Crippen molar-refractivity contribution in [1.29, 1.82) is 0 Å². The van der Waals surface area contributed by atoms with Crippen molar-refractivity contribution >= 4 is 22.3 Å². The number of nitrogens with zero attached hydrogens (tertiary/aromatic N) is 2. The Balaban J connectivity index is 1.94. The Kier molecular flexibility index (Phi) is 4.39. The molecule has 2 rings (SSSR count). The number of hydrogen-bond acceptors (Lipinski definition) is 5. The summed E-state index contributed by atoms with van der Waals surface area (Å²) in [6, 6.07) is 1.60. The Bertz CT molecular complexity index is 506. The van der Waals surface area contributed by atoms with Crippen LogP contribution >= 0.6 is 11.3 Å². The molecular weight excluding hydrogens is 280 g/mol. The van der Waals surface area contributed by atoms with Crippen LogP contribution in [0.3, 0.4) is 0 Å². The van der Waals surface area contributed by atoms with E-state index in [1.54, 1.807) is 11.4 Å². The molecule has 0 spiro atoms. The van der Waals surface area contributed by atoms with E-state index in [4.69, 9.17) is 0 Å². The zero-order valence-corrected chi connectivity index (χ0v) is 12.2. The van der Waals surface area contributed by atoms with Gasteiger partial charge in [0.15, 0.2) is 0 Å². The Morgan fingerprint density at radius 2 is 2.20 bits per heavy atom. The Morgan fingerprint density at radius 3 is 2.65 bits per heavy atom. The SMILES string of the molecule is CCC1(C(=O)O)CCN(Cc2csc([N+](=O)[O-])c2)CC1. The van der Waals surface area contributed by atoms with E-state index >= 15 is 0 Å². The maximum absolute atomic E-state index is 11.4. The monoisotopic (exact) mass is 298 g/mol. The smallest absolute Gasteiger partial charge is 0.324 e. The third-order valence-corrected chi connectivity index (χ3v) is 5.10. The van der Waals surface area contributed by atoms with Crippen molar-refractivity contribution in [2.24, 2.45) is 5.41 Å². The second-order valence-electron chi connectivity index (χ2n) is 5.27. The highest BCUT2D eigenvalue weighted by Crippen LogP contribution is 2.36. The molecule has 1 N–H and O–H groups in total. The molecule has 1 aliphatic rings. The van der Waals surface area contributed by atoms with Gasteiger partial charge in [-0.05, 0) is 37.9 Å². The highest BCUT2D eigenvalue weighted by Gasteiger charge is 2.39. The highest BCUT2D eigenvalue weighted by atomic mass is 32.1. The normalized spacial score (nSPS) is 18.9. The molecule has 1 fully saturated rings. The molecule has 1 aliphatic heterocycles. The van der Waals surface area contributed by atoms with Gasteiger partial charge in [0, 0.05) is 18.0 Å². The van der Waals surface area contributed by atoms with Crippen LogP contribution in [0.15, 0.2) is 11.4 Å². The van der Waals surface area contributed by atoms with Gasteiger partial charge in [-0.15, -0.1) is 0 Å². The zero-order valence-electron chi connectivity index (χ0n) is 11.4. The molecule has 0 aromatic carbocycles. The van der Waals surface area contributed by atoms with Gasteiger partial charge >= 0.3 is 11.0 Å². The summed E-state index contributed by atoms with van der Waals surface area (Å²) < 4.78 is 0. The minimum absolute atomic E-state index is 0.158. The fraction of sp³-hybridized carbons (Fsp3) is 0.615. The standard InChI is InChI=1S/C13H18N2O4S/c1-2-13(12(16)17)3-5-14(6-4-13)8-10-7-11(15(18)19)20-9-10/h7,9H,2-6,8H2,1H3,(H,16,17). The number of thiophene rings is 1. The average molecular weight is 298 g/mol. The second-order valence-corrected chi connectivity index (χ2v) is 6.16. The average Bonchev–Trinajstić information content (AvgIpc) is 2.88. The van der Waals surface area contributed by atoms with Crippen molar-refractivity contribution in [3.05, 3.63) is 27.1 Å². The molecule has 0 atom stereocenters. The van der Waals surface area contributed by atoms with E-state index in [1.807, 2.05) is 6.92 Å². The van der Waals surface area contributed by atoms with Gasteiger partial charge in [0.25, 0.3) is 0 Å². The van der Waals surface area contributed by atoms with E-state index in [1.165, 1.54) is 0 Å². The topological polar surface area (TPSA) is 83.7 Å². The Hall–Kier alpha value is -1.47. The minimum atomic E-state index is -0.703. The van der Waals surface area contributed by atoms with E-state index in [-0.39, 0.29) is 9.92 Å². The van der Waals surface area contributed by atoms with Gasteiger partial charge in [-0.25, -0.2) is 0 Å². The van der Waals surface area contributed by atoms with E-state index < -0.39 is 11.4 Å². The van der Waals surface area contributed by atoms with Crippen LogP contribution in [0.1, 0.15) is 31.7 Å².